The summed E-state index contributed by atoms with van der Waals surface area (Å²) < 4.78 is 31.1. The number of aromatic nitrogens is 3. The first-order valence-corrected chi connectivity index (χ1v) is 10.9. The van der Waals surface area contributed by atoms with Gasteiger partial charge in [0.05, 0.1) is 25.0 Å². The Morgan fingerprint density at radius 3 is 2.77 bits per heavy atom. The Balaban J connectivity index is 1.45. The molecule has 1 aliphatic heterocycles. The molecular weight excluding hydrogens is 481 g/mol. The van der Waals surface area contributed by atoms with E-state index in [1.54, 1.807) is 26.8 Å². The number of hydrogen-bond donors (Lipinski definition) is 1. The van der Waals surface area contributed by atoms with Gasteiger partial charge in [-0.3, -0.25) is 15.2 Å². The van der Waals surface area contributed by atoms with Crippen LogP contribution in [-0.4, -0.2) is 37.9 Å². The second-order valence-corrected chi connectivity index (χ2v) is 8.93. The van der Waals surface area contributed by atoms with Crippen LogP contribution < -0.4 is 14.8 Å². The van der Waals surface area contributed by atoms with Crippen molar-refractivity contribution >= 4 is 29.5 Å². The van der Waals surface area contributed by atoms with Crippen molar-refractivity contribution in [2.45, 2.75) is 39.5 Å². The predicted octanol–water partition coefficient (Wildman–Crippen LogP) is 5.32. The lowest BCUT2D eigenvalue weighted by Crippen LogP contribution is -2.37. The summed E-state index contributed by atoms with van der Waals surface area (Å²) in [6.07, 6.45) is -0.0300. The number of fused-ring (bicyclic) bond motifs is 1. The van der Waals surface area contributed by atoms with Crippen LogP contribution in [0, 0.1) is 5.82 Å². The number of carbonyl (C=O) groups excluding carboxylic acids is 2. The van der Waals surface area contributed by atoms with Crippen LogP contribution in [0.4, 0.5) is 19.7 Å². The summed E-state index contributed by atoms with van der Waals surface area (Å²) in [6.45, 7) is 5.09. The van der Waals surface area contributed by atoms with Gasteiger partial charge in [0.2, 0.25) is 5.88 Å². The van der Waals surface area contributed by atoms with E-state index in [9.17, 15) is 9.59 Å². The highest BCUT2D eigenvalue weighted by molar-refractivity contribution is 6.29. The Morgan fingerprint density at radius 2 is 2.06 bits per heavy atom. The van der Waals surface area contributed by atoms with Gasteiger partial charge in [0.1, 0.15) is 11.3 Å². The lowest BCUT2D eigenvalue weighted by Gasteiger charge is -2.27. The quantitative estimate of drug-likeness (QED) is 0.499. The maximum absolute atomic E-state index is 15.0. The first-order chi connectivity index (χ1) is 16.6. The van der Waals surface area contributed by atoms with Gasteiger partial charge in [-0.05, 0) is 32.9 Å². The van der Waals surface area contributed by atoms with Gasteiger partial charge in [-0.25, -0.2) is 14.0 Å². The van der Waals surface area contributed by atoms with Gasteiger partial charge in [0.15, 0.2) is 22.5 Å². The molecule has 0 radical (unpaired) electrons. The minimum absolute atomic E-state index is 0.0623. The number of ether oxygens (including phenoxy) is 3. The first kappa shape index (κ1) is 24.1. The molecule has 0 spiro atoms. The molecule has 1 N–H and O–H groups in total. The van der Waals surface area contributed by atoms with E-state index in [4.69, 9.17) is 25.8 Å². The molecule has 2 amide bonds. The van der Waals surface area contributed by atoms with Crippen molar-refractivity contribution < 1.29 is 28.2 Å². The van der Waals surface area contributed by atoms with Crippen LogP contribution in [0.1, 0.15) is 32.0 Å². The average Bonchev–Trinajstić information content (AvgIpc) is 2.77. The van der Waals surface area contributed by atoms with Crippen molar-refractivity contribution in [1.82, 2.24) is 20.1 Å². The van der Waals surface area contributed by atoms with Crippen LogP contribution in [0.15, 0.2) is 42.6 Å². The molecule has 0 fully saturated rings. The third-order valence-electron chi connectivity index (χ3n) is 4.61. The lowest BCUT2D eigenvalue weighted by atomic mass is 10.1. The number of nitrogens with zero attached hydrogens (tertiary/aromatic N) is 4. The zero-order valence-electron chi connectivity index (χ0n) is 19.0. The van der Waals surface area contributed by atoms with E-state index >= 15 is 4.39 Å². The Bertz CT molecular complexity index is 1270. The summed E-state index contributed by atoms with van der Waals surface area (Å²) in [6, 6.07) is 9.03. The van der Waals surface area contributed by atoms with Crippen LogP contribution in [0.3, 0.4) is 0 Å². The summed E-state index contributed by atoms with van der Waals surface area (Å²) in [4.78, 5) is 30.2. The molecule has 10 nitrogen and oxygen atoms in total. The van der Waals surface area contributed by atoms with E-state index in [1.165, 1.54) is 41.4 Å². The molecule has 1 aliphatic rings. The highest BCUT2D eigenvalue weighted by Gasteiger charge is 2.28. The third kappa shape index (κ3) is 6.12. The van der Waals surface area contributed by atoms with Gasteiger partial charge in [0, 0.05) is 17.7 Å². The molecule has 1 aromatic carbocycles. The van der Waals surface area contributed by atoms with Crippen molar-refractivity contribution in [3.63, 3.8) is 0 Å². The molecule has 0 saturated carbocycles. The zero-order valence-corrected chi connectivity index (χ0v) is 19.8. The molecule has 3 heterocycles. The van der Waals surface area contributed by atoms with Crippen LogP contribution in [0.25, 0.3) is 0 Å². The molecule has 0 aliphatic carbocycles. The SMILES string of the molecule is CC(C)(C)OC(=O)Nc1cccc(CN2Cc3ncc(Oc4ccc(Cl)nn4)cc3OC2=O)c1F. The summed E-state index contributed by atoms with van der Waals surface area (Å²) in [5.41, 5.74) is -0.154. The fourth-order valence-electron chi connectivity index (χ4n) is 3.14. The normalized spacial score (nSPS) is 13.1. The Kier molecular flexibility index (Phi) is 6.70. The standard InChI is InChI=1S/C23H21ClFN5O5/c1-23(2,3)35-21(31)27-15-6-4-5-13(20(15)25)11-30-12-16-17(34-22(30)32)9-14(10-26-16)33-19-8-7-18(24)28-29-19/h4-10H,11-12H2,1-3H3,(H,27,31). The first-order valence-electron chi connectivity index (χ1n) is 10.5. The zero-order chi connectivity index (χ0) is 25.2. The lowest BCUT2D eigenvalue weighted by molar-refractivity contribution is 0.0635. The molecule has 3 aromatic rings. The van der Waals surface area contributed by atoms with Crippen LogP contribution in [0.2, 0.25) is 5.15 Å². The maximum Gasteiger partial charge on any atom is 0.415 e. The average molecular weight is 502 g/mol. The molecule has 0 bridgehead atoms. The van der Waals surface area contributed by atoms with Gasteiger partial charge in [-0.15, -0.1) is 10.2 Å². The number of amides is 2. The molecule has 182 valence electrons. The second kappa shape index (κ2) is 9.71. The van der Waals surface area contributed by atoms with Crippen LogP contribution >= 0.6 is 11.6 Å². The van der Waals surface area contributed by atoms with E-state index < -0.39 is 23.6 Å². The number of pyridine rings is 1. The molecule has 0 saturated heterocycles. The molecule has 35 heavy (non-hydrogen) atoms. The van der Waals surface area contributed by atoms with Gasteiger partial charge in [-0.1, -0.05) is 23.7 Å². The fraction of sp³-hybridized carbons (Fsp3) is 0.261. The Hall–Kier alpha value is -3.99. The summed E-state index contributed by atoms with van der Waals surface area (Å²) in [5, 5.41) is 10.1. The van der Waals surface area contributed by atoms with Crippen LogP contribution in [-0.2, 0) is 17.8 Å². The minimum atomic E-state index is -0.785. The largest absolute Gasteiger partial charge is 0.444 e. The number of rotatable bonds is 5. The molecule has 12 heteroatoms. The van der Waals surface area contributed by atoms with Gasteiger partial charge in [0.25, 0.3) is 0 Å². The highest BCUT2D eigenvalue weighted by atomic mass is 35.5. The highest BCUT2D eigenvalue weighted by Crippen LogP contribution is 2.31. The smallest absolute Gasteiger partial charge is 0.415 e. The topological polar surface area (TPSA) is 116 Å². The number of hydrogen-bond acceptors (Lipinski definition) is 8. The van der Waals surface area contributed by atoms with E-state index in [2.05, 4.69) is 20.5 Å². The summed E-state index contributed by atoms with van der Waals surface area (Å²) in [7, 11) is 0. The summed E-state index contributed by atoms with van der Waals surface area (Å²) in [5.74, 6) is 0.00747. The number of halogens is 2. The predicted molar refractivity (Wildman–Crippen MR) is 123 cm³/mol. The van der Waals surface area contributed by atoms with E-state index in [0.29, 0.717) is 5.69 Å². The van der Waals surface area contributed by atoms with E-state index in [-0.39, 0.29) is 46.9 Å². The Labute approximate surface area is 205 Å². The van der Waals surface area contributed by atoms with Gasteiger partial charge < -0.3 is 14.2 Å². The molecule has 0 atom stereocenters. The molecule has 0 unspecified atom stereocenters. The van der Waals surface area contributed by atoms with Gasteiger partial charge in [-0.2, -0.15) is 0 Å². The third-order valence-corrected chi connectivity index (χ3v) is 4.81. The van der Waals surface area contributed by atoms with Crippen molar-refractivity contribution in [2.75, 3.05) is 5.32 Å². The van der Waals surface area contributed by atoms with Crippen molar-refractivity contribution in [2.24, 2.45) is 0 Å². The Morgan fingerprint density at radius 1 is 1.26 bits per heavy atom. The van der Waals surface area contributed by atoms with Crippen molar-refractivity contribution in [3.05, 3.63) is 64.8 Å². The molecule has 4 rings (SSSR count). The fourth-order valence-corrected chi connectivity index (χ4v) is 3.24. The van der Waals surface area contributed by atoms with Crippen molar-refractivity contribution in [3.8, 4) is 17.4 Å². The van der Waals surface area contributed by atoms with Gasteiger partial charge >= 0.3 is 12.2 Å². The second-order valence-electron chi connectivity index (χ2n) is 8.54. The number of benzene rings is 1. The number of anilines is 1. The molecular formula is C23H21ClFN5O5. The minimum Gasteiger partial charge on any atom is -0.444 e. The number of nitrogens with one attached hydrogen (secondary N) is 1. The number of carbonyl (C=O) groups is 2. The van der Waals surface area contributed by atoms with E-state index in [0.717, 1.165) is 0 Å². The van der Waals surface area contributed by atoms with Crippen molar-refractivity contribution in [1.29, 1.82) is 0 Å². The molecule has 2 aromatic heterocycles. The maximum atomic E-state index is 15.0. The monoisotopic (exact) mass is 501 g/mol. The van der Waals surface area contributed by atoms with E-state index in [1.807, 2.05) is 0 Å². The summed E-state index contributed by atoms with van der Waals surface area (Å²) >= 11 is 5.71. The van der Waals surface area contributed by atoms with Crippen LogP contribution in [0.5, 0.6) is 17.4 Å².